The minimum absolute atomic E-state index is 0.0879. The van der Waals surface area contributed by atoms with E-state index >= 15 is 0 Å². The van der Waals surface area contributed by atoms with Gasteiger partial charge in [-0.2, -0.15) is 4.31 Å². The summed E-state index contributed by atoms with van der Waals surface area (Å²) in [6.07, 6.45) is 0. The predicted octanol–water partition coefficient (Wildman–Crippen LogP) is -1.96. The topological polar surface area (TPSA) is 81.8 Å². The summed E-state index contributed by atoms with van der Waals surface area (Å²) in [7, 11) is -3.35. The molecular formula is C11H22N4O3S. The zero-order valence-corrected chi connectivity index (χ0v) is 12.1. The summed E-state index contributed by atoms with van der Waals surface area (Å²) in [4.78, 5) is 13.7. The number of hydrogen-bond donors (Lipinski definition) is 2. The standard InChI is InChI=1S/C11H22N4O3S/c1-10-11(16)13-4-7-15(10)19(17,18)9-8-14-5-2-12-3-6-14/h10,12H,2-9H2,1H3,(H,13,16). The van der Waals surface area contributed by atoms with Gasteiger partial charge in [-0.25, -0.2) is 8.42 Å². The third-order valence-electron chi connectivity index (χ3n) is 3.68. The Bertz CT molecular complexity index is 420. The molecule has 2 fully saturated rings. The van der Waals surface area contributed by atoms with E-state index in [1.807, 2.05) is 0 Å². The SMILES string of the molecule is CC1C(=O)NCCN1S(=O)(=O)CCN1CCNCC1. The molecule has 0 aromatic carbocycles. The van der Waals surface area contributed by atoms with Crippen molar-refractivity contribution in [2.45, 2.75) is 13.0 Å². The molecule has 0 saturated carbocycles. The maximum atomic E-state index is 12.3. The third-order valence-corrected chi connectivity index (χ3v) is 5.59. The first-order valence-corrected chi connectivity index (χ1v) is 8.32. The molecule has 2 aliphatic rings. The van der Waals surface area contributed by atoms with Crippen molar-refractivity contribution >= 4 is 15.9 Å². The van der Waals surface area contributed by atoms with Crippen LogP contribution in [0.15, 0.2) is 0 Å². The van der Waals surface area contributed by atoms with Gasteiger partial charge in [0.05, 0.1) is 5.75 Å². The van der Waals surface area contributed by atoms with Crippen molar-refractivity contribution in [1.82, 2.24) is 19.8 Å². The minimum atomic E-state index is -3.35. The van der Waals surface area contributed by atoms with Gasteiger partial charge in [-0.05, 0) is 6.92 Å². The van der Waals surface area contributed by atoms with E-state index in [1.54, 1.807) is 6.92 Å². The molecule has 1 atom stereocenters. The number of carbonyl (C=O) groups excluding carboxylic acids is 1. The van der Waals surface area contributed by atoms with E-state index in [2.05, 4.69) is 15.5 Å². The van der Waals surface area contributed by atoms with Gasteiger partial charge in [0.1, 0.15) is 6.04 Å². The van der Waals surface area contributed by atoms with Gasteiger partial charge < -0.3 is 10.6 Å². The van der Waals surface area contributed by atoms with Crippen molar-refractivity contribution in [3.8, 4) is 0 Å². The van der Waals surface area contributed by atoms with Crippen molar-refractivity contribution in [1.29, 1.82) is 0 Å². The Balaban J connectivity index is 1.91. The van der Waals surface area contributed by atoms with Crippen molar-refractivity contribution in [2.75, 3.05) is 51.6 Å². The van der Waals surface area contributed by atoms with Gasteiger partial charge in [-0.15, -0.1) is 0 Å². The van der Waals surface area contributed by atoms with Gasteiger partial charge in [0, 0.05) is 45.8 Å². The van der Waals surface area contributed by atoms with Crippen LogP contribution >= 0.6 is 0 Å². The Hall–Kier alpha value is -0.700. The summed E-state index contributed by atoms with van der Waals surface area (Å²) in [5, 5.41) is 5.91. The second kappa shape index (κ2) is 6.17. The van der Waals surface area contributed by atoms with Gasteiger partial charge in [-0.3, -0.25) is 9.69 Å². The molecule has 110 valence electrons. The summed E-state index contributed by atoms with van der Waals surface area (Å²) >= 11 is 0. The van der Waals surface area contributed by atoms with E-state index in [1.165, 1.54) is 4.31 Å². The fourth-order valence-electron chi connectivity index (χ4n) is 2.44. The minimum Gasteiger partial charge on any atom is -0.353 e. The maximum absolute atomic E-state index is 12.3. The molecule has 2 heterocycles. The molecular weight excluding hydrogens is 268 g/mol. The Kier molecular flexibility index (Phi) is 4.77. The maximum Gasteiger partial charge on any atom is 0.238 e. The average Bonchev–Trinajstić information content (AvgIpc) is 2.41. The molecule has 2 N–H and O–H groups in total. The monoisotopic (exact) mass is 290 g/mol. The number of carbonyl (C=O) groups is 1. The highest BCUT2D eigenvalue weighted by atomic mass is 32.2. The Morgan fingerprint density at radius 3 is 2.58 bits per heavy atom. The van der Waals surface area contributed by atoms with Crippen LogP contribution in [0.4, 0.5) is 0 Å². The van der Waals surface area contributed by atoms with E-state index in [9.17, 15) is 13.2 Å². The average molecular weight is 290 g/mol. The first-order valence-electron chi connectivity index (χ1n) is 6.71. The fourth-order valence-corrected chi connectivity index (χ4v) is 4.11. The van der Waals surface area contributed by atoms with E-state index in [4.69, 9.17) is 0 Å². The summed E-state index contributed by atoms with van der Waals surface area (Å²) in [5.41, 5.74) is 0. The second-order valence-corrected chi connectivity index (χ2v) is 7.03. The van der Waals surface area contributed by atoms with Crippen LogP contribution in [0.25, 0.3) is 0 Å². The van der Waals surface area contributed by atoms with Gasteiger partial charge in [-0.1, -0.05) is 0 Å². The van der Waals surface area contributed by atoms with Crippen LogP contribution in [0, 0.1) is 0 Å². The lowest BCUT2D eigenvalue weighted by Crippen LogP contribution is -2.57. The predicted molar refractivity (Wildman–Crippen MR) is 72.3 cm³/mol. The Labute approximate surface area is 114 Å². The van der Waals surface area contributed by atoms with Gasteiger partial charge >= 0.3 is 0 Å². The third kappa shape index (κ3) is 3.65. The molecule has 2 saturated heterocycles. The molecule has 19 heavy (non-hydrogen) atoms. The lowest BCUT2D eigenvalue weighted by molar-refractivity contribution is -0.126. The summed E-state index contributed by atoms with van der Waals surface area (Å²) in [6, 6.07) is -0.596. The molecule has 0 radical (unpaired) electrons. The van der Waals surface area contributed by atoms with Crippen LogP contribution in [-0.2, 0) is 14.8 Å². The number of rotatable bonds is 4. The Morgan fingerprint density at radius 1 is 1.21 bits per heavy atom. The fraction of sp³-hybridized carbons (Fsp3) is 0.909. The van der Waals surface area contributed by atoms with Crippen LogP contribution in [0.1, 0.15) is 6.92 Å². The van der Waals surface area contributed by atoms with Crippen LogP contribution in [-0.4, -0.2) is 81.1 Å². The number of hydrogen-bond acceptors (Lipinski definition) is 5. The van der Waals surface area contributed by atoms with Crippen molar-refractivity contribution < 1.29 is 13.2 Å². The van der Waals surface area contributed by atoms with Gasteiger partial charge in [0.15, 0.2) is 0 Å². The quantitative estimate of drug-likeness (QED) is 0.628. The molecule has 0 aliphatic carbocycles. The zero-order valence-electron chi connectivity index (χ0n) is 11.3. The molecule has 1 unspecified atom stereocenters. The van der Waals surface area contributed by atoms with Gasteiger partial charge in [0.25, 0.3) is 0 Å². The van der Waals surface area contributed by atoms with Gasteiger partial charge in [0.2, 0.25) is 15.9 Å². The van der Waals surface area contributed by atoms with Crippen LogP contribution < -0.4 is 10.6 Å². The molecule has 7 nitrogen and oxygen atoms in total. The number of sulfonamides is 1. The van der Waals surface area contributed by atoms with Crippen LogP contribution in [0.5, 0.6) is 0 Å². The highest BCUT2D eigenvalue weighted by Gasteiger charge is 2.34. The normalized spacial score (nSPS) is 27.2. The smallest absolute Gasteiger partial charge is 0.238 e. The van der Waals surface area contributed by atoms with E-state index in [-0.39, 0.29) is 11.7 Å². The molecule has 0 aromatic rings. The van der Waals surface area contributed by atoms with Crippen molar-refractivity contribution in [2.24, 2.45) is 0 Å². The molecule has 8 heteroatoms. The summed E-state index contributed by atoms with van der Waals surface area (Å²) in [5.74, 6) is -0.123. The summed E-state index contributed by atoms with van der Waals surface area (Å²) in [6.45, 7) is 6.51. The molecule has 2 rings (SSSR count). The Morgan fingerprint density at radius 2 is 1.89 bits per heavy atom. The van der Waals surface area contributed by atoms with Crippen LogP contribution in [0.3, 0.4) is 0 Å². The number of nitrogens with one attached hydrogen (secondary N) is 2. The highest BCUT2D eigenvalue weighted by molar-refractivity contribution is 7.89. The first kappa shape index (κ1) is 14.7. The summed E-state index contributed by atoms with van der Waals surface area (Å²) < 4.78 is 25.9. The first-order chi connectivity index (χ1) is 9.00. The number of amides is 1. The molecule has 2 aliphatic heterocycles. The molecule has 0 aromatic heterocycles. The lowest BCUT2D eigenvalue weighted by atomic mass is 10.2. The number of piperazine rings is 2. The molecule has 1 amide bonds. The van der Waals surface area contributed by atoms with E-state index < -0.39 is 16.1 Å². The molecule has 0 bridgehead atoms. The van der Waals surface area contributed by atoms with Crippen LogP contribution in [0.2, 0.25) is 0 Å². The largest absolute Gasteiger partial charge is 0.353 e. The van der Waals surface area contributed by atoms with E-state index in [0.29, 0.717) is 19.6 Å². The van der Waals surface area contributed by atoms with Crippen molar-refractivity contribution in [3.05, 3.63) is 0 Å². The van der Waals surface area contributed by atoms with E-state index in [0.717, 1.165) is 26.2 Å². The molecule has 0 spiro atoms. The zero-order chi connectivity index (χ0) is 13.9. The number of nitrogens with zero attached hydrogens (tertiary/aromatic N) is 2. The second-order valence-electron chi connectivity index (χ2n) is 4.99. The van der Waals surface area contributed by atoms with Crippen molar-refractivity contribution in [3.63, 3.8) is 0 Å². The highest BCUT2D eigenvalue weighted by Crippen LogP contribution is 2.11. The lowest BCUT2D eigenvalue weighted by Gasteiger charge is -2.33.